The topological polar surface area (TPSA) is 81.1 Å². The minimum atomic E-state index is -0.599. The van der Waals surface area contributed by atoms with Crippen molar-refractivity contribution < 1.29 is 24.1 Å². The fraction of sp³-hybridized carbons (Fsp3) is 0.455. The van der Waals surface area contributed by atoms with Crippen LogP contribution < -0.4 is 9.47 Å². The van der Waals surface area contributed by atoms with E-state index in [0.29, 0.717) is 43.2 Å². The molecule has 2 aliphatic heterocycles. The number of amides is 1. The highest BCUT2D eigenvalue weighted by Crippen LogP contribution is 2.32. The molecule has 1 aromatic carbocycles. The zero-order chi connectivity index (χ0) is 20.4. The van der Waals surface area contributed by atoms with E-state index < -0.39 is 6.10 Å². The first kappa shape index (κ1) is 19.7. The molecular weight excluding hydrogens is 372 g/mol. The van der Waals surface area contributed by atoms with Gasteiger partial charge in [-0.1, -0.05) is 13.0 Å². The number of methoxy groups -OCH3 is 1. The molecule has 1 N–H and O–H groups in total. The molecule has 29 heavy (non-hydrogen) atoms. The molecule has 1 fully saturated rings. The Labute approximate surface area is 170 Å². The highest BCUT2D eigenvalue weighted by molar-refractivity contribution is 5.98. The summed E-state index contributed by atoms with van der Waals surface area (Å²) in [6.45, 7) is 3.05. The summed E-state index contributed by atoms with van der Waals surface area (Å²) in [7, 11) is 1.59. The lowest BCUT2D eigenvalue weighted by Gasteiger charge is -2.39. The van der Waals surface area contributed by atoms with Crippen molar-refractivity contribution in [2.45, 2.75) is 38.3 Å². The number of nitrogens with zero attached hydrogens (tertiary/aromatic N) is 2. The number of aliphatic hydroxyl groups excluding tert-OH is 1. The predicted octanol–water partition coefficient (Wildman–Crippen LogP) is 2.19. The van der Waals surface area contributed by atoms with Crippen LogP contribution in [0.2, 0.25) is 0 Å². The smallest absolute Gasteiger partial charge is 0.260 e. The summed E-state index contributed by atoms with van der Waals surface area (Å²) in [4.78, 5) is 19.0. The van der Waals surface area contributed by atoms with Gasteiger partial charge in [-0.3, -0.25) is 9.69 Å². The zero-order valence-corrected chi connectivity index (χ0v) is 16.8. The van der Waals surface area contributed by atoms with Gasteiger partial charge in [0.1, 0.15) is 5.75 Å². The third-order valence-corrected chi connectivity index (χ3v) is 5.63. The number of rotatable bonds is 5. The summed E-state index contributed by atoms with van der Waals surface area (Å²) in [5, 5.41) is 10.3. The van der Waals surface area contributed by atoms with Crippen LogP contribution in [0.3, 0.4) is 0 Å². The summed E-state index contributed by atoms with van der Waals surface area (Å²) in [5.41, 5.74) is 3.78. The molecule has 2 aromatic rings. The molecule has 1 aromatic heterocycles. The van der Waals surface area contributed by atoms with Gasteiger partial charge in [0.05, 0.1) is 31.4 Å². The van der Waals surface area contributed by atoms with Crippen LogP contribution in [0, 0.1) is 0 Å². The molecule has 1 amide bonds. The van der Waals surface area contributed by atoms with Crippen molar-refractivity contribution in [1.29, 1.82) is 0 Å². The molecule has 154 valence electrons. The van der Waals surface area contributed by atoms with Crippen molar-refractivity contribution in [3.05, 3.63) is 52.7 Å². The first-order valence-electron chi connectivity index (χ1n) is 9.95. The minimum Gasteiger partial charge on any atom is -0.481 e. The first-order chi connectivity index (χ1) is 14.1. The lowest BCUT2D eigenvalue weighted by atomic mass is 9.94. The minimum absolute atomic E-state index is 0.127. The Hall–Kier alpha value is -2.64. The lowest BCUT2D eigenvalue weighted by molar-refractivity contribution is -0.0696. The molecule has 0 aliphatic carbocycles. The average molecular weight is 398 g/mol. The first-order valence-corrected chi connectivity index (χ1v) is 9.95. The Bertz CT molecular complexity index is 884. The van der Waals surface area contributed by atoms with Crippen LogP contribution in [0.4, 0.5) is 0 Å². The summed E-state index contributed by atoms with van der Waals surface area (Å²) in [5.74, 6) is 1.05. The molecular formula is C22H26N2O5. The largest absolute Gasteiger partial charge is 0.481 e. The number of pyridine rings is 1. The van der Waals surface area contributed by atoms with Gasteiger partial charge < -0.3 is 19.3 Å². The number of ether oxygens (including phenoxy) is 3. The molecule has 0 saturated carbocycles. The maximum Gasteiger partial charge on any atom is 0.260 e. The van der Waals surface area contributed by atoms with Gasteiger partial charge in [0.2, 0.25) is 5.88 Å². The van der Waals surface area contributed by atoms with Crippen LogP contribution >= 0.6 is 0 Å². The molecule has 1 saturated heterocycles. The molecule has 7 nitrogen and oxygen atoms in total. The van der Waals surface area contributed by atoms with Crippen LogP contribution in [0.15, 0.2) is 30.5 Å². The van der Waals surface area contributed by atoms with Gasteiger partial charge >= 0.3 is 0 Å². The number of benzene rings is 1. The van der Waals surface area contributed by atoms with Crippen molar-refractivity contribution in [3.63, 3.8) is 0 Å². The third-order valence-electron chi connectivity index (χ3n) is 5.63. The maximum absolute atomic E-state index is 13.2. The summed E-state index contributed by atoms with van der Waals surface area (Å²) in [6, 6.07) is 7.31. The number of hydrogen-bond acceptors (Lipinski definition) is 6. The number of fused-ring (bicyclic) bond motifs is 1. The summed E-state index contributed by atoms with van der Waals surface area (Å²) in [6.07, 6.45) is 3.21. The van der Waals surface area contributed by atoms with Crippen LogP contribution in [0.25, 0.3) is 0 Å². The molecule has 2 atom stereocenters. The van der Waals surface area contributed by atoms with E-state index in [4.69, 9.17) is 14.2 Å². The van der Waals surface area contributed by atoms with Gasteiger partial charge in [-0.05, 0) is 48.1 Å². The summed E-state index contributed by atoms with van der Waals surface area (Å²) >= 11 is 0. The van der Waals surface area contributed by atoms with Gasteiger partial charge in [0.15, 0.2) is 6.73 Å². The van der Waals surface area contributed by atoms with Crippen LogP contribution in [0.5, 0.6) is 11.6 Å². The van der Waals surface area contributed by atoms with E-state index in [0.717, 1.165) is 23.1 Å². The maximum atomic E-state index is 13.2. The fourth-order valence-electron chi connectivity index (χ4n) is 3.91. The number of aromatic nitrogens is 1. The van der Waals surface area contributed by atoms with Crippen molar-refractivity contribution in [2.24, 2.45) is 0 Å². The third kappa shape index (κ3) is 3.93. The second-order valence-corrected chi connectivity index (χ2v) is 7.40. The van der Waals surface area contributed by atoms with Gasteiger partial charge in [0.25, 0.3) is 5.91 Å². The van der Waals surface area contributed by atoms with E-state index in [1.807, 2.05) is 24.3 Å². The average Bonchev–Trinajstić information content (AvgIpc) is 2.75. The van der Waals surface area contributed by atoms with E-state index >= 15 is 0 Å². The molecule has 0 unspecified atom stereocenters. The van der Waals surface area contributed by atoms with E-state index in [9.17, 15) is 9.90 Å². The highest BCUT2D eigenvalue weighted by atomic mass is 16.5. The van der Waals surface area contributed by atoms with Gasteiger partial charge in [0, 0.05) is 18.9 Å². The molecule has 7 heteroatoms. The van der Waals surface area contributed by atoms with Gasteiger partial charge in [-0.25, -0.2) is 4.98 Å². The molecule has 3 heterocycles. The van der Waals surface area contributed by atoms with Gasteiger partial charge in [-0.15, -0.1) is 0 Å². The van der Waals surface area contributed by atoms with Crippen molar-refractivity contribution in [2.75, 3.05) is 27.1 Å². The monoisotopic (exact) mass is 398 g/mol. The Morgan fingerprint density at radius 3 is 2.86 bits per heavy atom. The number of carbonyl (C=O) groups is 1. The Morgan fingerprint density at radius 2 is 2.17 bits per heavy atom. The predicted molar refractivity (Wildman–Crippen MR) is 106 cm³/mol. The second-order valence-electron chi connectivity index (χ2n) is 7.40. The van der Waals surface area contributed by atoms with Crippen molar-refractivity contribution >= 4 is 5.91 Å². The highest BCUT2D eigenvalue weighted by Gasteiger charge is 2.37. The van der Waals surface area contributed by atoms with E-state index in [2.05, 4.69) is 11.9 Å². The van der Waals surface area contributed by atoms with E-state index in [1.54, 1.807) is 18.2 Å². The van der Waals surface area contributed by atoms with Crippen molar-refractivity contribution in [1.82, 2.24) is 9.88 Å². The molecule has 0 radical (unpaired) electrons. The molecule has 0 spiro atoms. The lowest BCUT2D eigenvalue weighted by Crippen LogP contribution is -2.54. The zero-order valence-electron chi connectivity index (χ0n) is 16.8. The fourth-order valence-corrected chi connectivity index (χ4v) is 3.91. The molecule has 0 bridgehead atoms. The molecule has 2 aliphatic rings. The van der Waals surface area contributed by atoms with Crippen molar-refractivity contribution in [3.8, 4) is 11.6 Å². The Morgan fingerprint density at radius 1 is 1.31 bits per heavy atom. The van der Waals surface area contributed by atoms with Crippen LogP contribution in [-0.4, -0.2) is 60.1 Å². The van der Waals surface area contributed by atoms with Gasteiger partial charge in [-0.2, -0.15) is 0 Å². The summed E-state index contributed by atoms with van der Waals surface area (Å²) < 4.78 is 16.5. The van der Waals surface area contributed by atoms with Crippen LogP contribution in [0.1, 0.15) is 40.4 Å². The number of carbonyl (C=O) groups excluding carboxylic acids is 1. The van der Waals surface area contributed by atoms with E-state index in [-0.39, 0.29) is 18.7 Å². The normalized spacial score (nSPS) is 21.5. The molecule has 4 rings (SSSR count). The number of hydrogen-bond donors (Lipinski definition) is 1. The quantitative estimate of drug-likeness (QED) is 0.832. The number of aliphatic hydroxyl groups is 1. The Balaban J connectivity index is 1.62. The SMILES string of the molecule is CCc1cc2c(cc1Cc1ccc(OC)nc1)C(=O)N([C@H]1COCC[C@@H]1O)CO2. The number of aryl methyl sites for hydroxylation is 1. The standard InChI is InChI=1S/C22H26N2O5/c1-3-15-10-20-17(9-16(15)8-14-4-5-21(27-2)23-11-14)22(26)24(13-29-20)18-12-28-7-6-19(18)25/h4-5,9-11,18-19,25H,3,6-8,12-13H2,1-2H3/t18-,19-/m0/s1. The Kier molecular flexibility index (Phi) is 5.69. The van der Waals surface area contributed by atoms with E-state index in [1.165, 1.54) is 0 Å². The second kappa shape index (κ2) is 8.39. The van der Waals surface area contributed by atoms with Crippen LogP contribution in [-0.2, 0) is 17.6 Å².